The van der Waals surface area contributed by atoms with E-state index in [9.17, 15) is 14.4 Å². The molecule has 0 aliphatic rings. The highest BCUT2D eigenvalue weighted by molar-refractivity contribution is 6.30. The lowest BCUT2D eigenvalue weighted by Crippen LogP contribution is -2.45. The Morgan fingerprint density at radius 3 is 2.23 bits per heavy atom. The predicted molar refractivity (Wildman–Crippen MR) is 99.7 cm³/mol. The van der Waals surface area contributed by atoms with Crippen LogP contribution in [0.2, 0.25) is 5.02 Å². The van der Waals surface area contributed by atoms with Crippen LogP contribution in [0.25, 0.3) is 6.08 Å². The van der Waals surface area contributed by atoms with Crippen LogP contribution >= 0.6 is 11.6 Å². The van der Waals surface area contributed by atoms with Gasteiger partial charge in [-0.1, -0.05) is 54.1 Å². The molecule has 2 aromatic rings. The minimum absolute atomic E-state index is 0.0236. The van der Waals surface area contributed by atoms with Gasteiger partial charge >= 0.3 is 0 Å². The summed E-state index contributed by atoms with van der Waals surface area (Å²) in [6.45, 7) is 1.30. The summed E-state index contributed by atoms with van der Waals surface area (Å²) < 4.78 is 0. The van der Waals surface area contributed by atoms with Crippen LogP contribution in [0.15, 0.2) is 60.3 Å². The first-order valence-corrected chi connectivity index (χ1v) is 8.20. The van der Waals surface area contributed by atoms with Crippen LogP contribution in [-0.4, -0.2) is 17.7 Å². The zero-order valence-corrected chi connectivity index (χ0v) is 14.8. The maximum Gasteiger partial charge on any atom is 0.286 e. The molecule has 134 valence electrons. The standard InChI is InChI=1S/C19H18ClN3O3/c1-13(24)21-17(11-14-5-3-2-4-6-14)19(26)23-22-18(25)12-15-7-9-16(20)10-8-15/h2-11H,12H2,1H3,(H,21,24)(H,22,25)(H,23,26)/b17-11-. The van der Waals surface area contributed by atoms with Gasteiger partial charge in [0.25, 0.3) is 5.91 Å². The second kappa shape index (κ2) is 9.39. The highest BCUT2D eigenvalue weighted by atomic mass is 35.5. The molecule has 0 saturated heterocycles. The molecule has 0 fully saturated rings. The first-order chi connectivity index (χ1) is 12.4. The molecule has 0 saturated carbocycles. The lowest BCUT2D eigenvalue weighted by Gasteiger charge is -2.11. The third-order valence-corrected chi connectivity index (χ3v) is 3.51. The summed E-state index contributed by atoms with van der Waals surface area (Å²) in [5, 5.41) is 3.03. The number of nitrogens with one attached hydrogen (secondary N) is 3. The van der Waals surface area contributed by atoms with Gasteiger partial charge in [0, 0.05) is 11.9 Å². The molecule has 0 bridgehead atoms. The number of hydrazine groups is 1. The Morgan fingerprint density at radius 1 is 0.962 bits per heavy atom. The molecule has 0 aromatic heterocycles. The summed E-state index contributed by atoms with van der Waals surface area (Å²) in [4.78, 5) is 35.5. The van der Waals surface area contributed by atoms with Crippen LogP contribution in [0, 0.1) is 0 Å². The van der Waals surface area contributed by atoms with Crippen molar-refractivity contribution in [2.75, 3.05) is 0 Å². The Morgan fingerprint density at radius 2 is 1.62 bits per heavy atom. The zero-order chi connectivity index (χ0) is 18.9. The number of amides is 3. The molecular formula is C19H18ClN3O3. The van der Waals surface area contributed by atoms with Crippen LogP contribution in [0.3, 0.4) is 0 Å². The first-order valence-electron chi connectivity index (χ1n) is 7.82. The van der Waals surface area contributed by atoms with E-state index in [1.165, 1.54) is 13.0 Å². The van der Waals surface area contributed by atoms with Crippen molar-refractivity contribution in [1.82, 2.24) is 16.2 Å². The zero-order valence-electron chi connectivity index (χ0n) is 14.1. The molecule has 26 heavy (non-hydrogen) atoms. The van der Waals surface area contributed by atoms with E-state index in [4.69, 9.17) is 11.6 Å². The second-order valence-corrected chi connectivity index (χ2v) is 5.89. The highest BCUT2D eigenvalue weighted by Gasteiger charge is 2.12. The Labute approximate surface area is 156 Å². The molecule has 0 unspecified atom stereocenters. The summed E-state index contributed by atoms with van der Waals surface area (Å²) >= 11 is 5.80. The number of carbonyl (C=O) groups excluding carboxylic acids is 3. The van der Waals surface area contributed by atoms with Crippen LogP contribution in [-0.2, 0) is 20.8 Å². The molecule has 2 aromatic carbocycles. The fourth-order valence-corrected chi connectivity index (χ4v) is 2.22. The third-order valence-electron chi connectivity index (χ3n) is 3.26. The normalized spacial score (nSPS) is 10.8. The van der Waals surface area contributed by atoms with Crippen molar-refractivity contribution in [2.45, 2.75) is 13.3 Å². The topological polar surface area (TPSA) is 87.3 Å². The largest absolute Gasteiger partial charge is 0.322 e. The molecule has 0 heterocycles. The van der Waals surface area contributed by atoms with Gasteiger partial charge in [0.1, 0.15) is 5.70 Å². The molecule has 3 N–H and O–H groups in total. The van der Waals surface area contributed by atoms with Gasteiger partial charge in [0.15, 0.2) is 0 Å². The Balaban J connectivity index is 1.98. The second-order valence-electron chi connectivity index (χ2n) is 5.46. The molecule has 0 atom stereocenters. The number of carbonyl (C=O) groups is 3. The maximum absolute atomic E-state index is 12.3. The monoisotopic (exact) mass is 371 g/mol. The van der Waals surface area contributed by atoms with E-state index in [1.54, 1.807) is 36.4 Å². The van der Waals surface area contributed by atoms with E-state index in [2.05, 4.69) is 16.2 Å². The molecular weight excluding hydrogens is 354 g/mol. The SMILES string of the molecule is CC(=O)N/C(=C\c1ccccc1)C(=O)NNC(=O)Cc1ccc(Cl)cc1. The van der Waals surface area contributed by atoms with Gasteiger partial charge in [-0.25, -0.2) is 0 Å². The van der Waals surface area contributed by atoms with Crippen LogP contribution in [0.1, 0.15) is 18.1 Å². The van der Waals surface area contributed by atoms with Crippen LogP contribution in [0.4, 0.5) is 0 Å². The van der Waals surface area contributed by atoms with E-state index in [1.807, 2.05) is 18.2 Å². The van der Waals surface area contributed by atoms with Gasteiger partial charge in [-0.3, -0.25) is 25.2 Å². The molecule has 2 rings (SSSR count). The van der Waals surface area contributed by atoms with Crippen molar-refractivity contribution < 1.29 is 14.4 Å². The summed E-state index contributed by atoms with van der Waals surface area (Å²) in [5.41, 5.74) is 6.13. The maximum atomic E-state index is 12.3. The number of hydrogen-bond donors (Lipinski definition) is 3. The molecule has 6 nitrogen and oxygen atoms in total. The first kappa shape index (κ1) is 19.2. The quantitative estimate of drug-likeness (QED) is 0.556. The van der Waals surface area contributed by atoms with E-state index in [0.717, 1.165) is 11.1 Å². The minimum Gasteiger partial charge on any atom is -0.322 e. The van der Waals surface area contributed by atoms with Crippen molar-refractivity contribution in [2.24, 2.45) is 0 Å². The van der Waals surface area contributed by atoms with Gasteiger partial charge in [-0.2, -0.15) is 0 Å². The average Bonchev–Trinajstić information content (AvgIpc) is 2.61. The van der Waals surface area contributed by atoms with Crippen LogP contribution < -0.4 is 16.2 Å². The van der Waals surface area contributed by atoms with Gasteiger partial charge in [-0.15, -0.1) is 0 Å². The summed E-state index contributed by atoms with van der Waals surface area (Å²) in [6.07, 6.45) is 1.59. The van der Waals surface area contributed by atoms with Gasteiger partial charge in [-0.05, 0) is 29.3 Å². The lowest BCUT2D eigenvalue weighted by atomic mass is 10.1. The number of halogens is 1. The van der Waals surface area contributed by atoms with E-state index in [-0.39, 0.29) is 12.1 Å². The number of rotatable bonds is 5. The molecule has 0 aliphatic carbocycles. The van der Waals surface area contributed by atoms with Crippen LogP contribution in [0.5, 0.6) is 0 Å². The fourth-order valence-electron chi connectivity index (χ4n) is 2.09. The molecule has 7 heteroatoms. The van der Waals surface area contributed by atoms with Crippen molar-refractivity contribution in [3.63, 3.8) is 0 Å². The van der Waals surface area contributed by atoms with Crippen molar-refractivity contribution in [3.05, 3.63) is 76.4 Å². The molecule has 0 spiro atoms. The highest BCUT2D eigenvalue weighted by Crippen LogP contribution is 2.09. The van der Waals surface area contributed by atoms with Crippen molar-refractivity contribution in [3.8, 4) is 0 Å². The lowest BCUT2D eigenvalue weighted by molar-refractivity contribution is -0.127. The van der Waals surface area contributed by atoms with E-state index >= 15 is 0 Å². The fraction of sp³-hybridized carbons (Fsp3) is 0.105. The van der Waals surface area contributed by atoms with Gasteiger partial charge < -0.3 is 5.32 Å². The smallest absolute Gasteiger partial charge is 0.286 e. The third kappa shape index (κ3) is 6.41. The van der Waals surface area contributed by atoms with Gasteiger partial charge in [0.05, 0.1) is 6.42 Å². The summed E-state index contributed by atoms with van der Waals surface area (Å²) in [6, 6.07) is 15.8. The number of benzene rings is 2. The van der Waals surface area contributed by atoms with E-state index < -0.39 is 17.7 Å². The Kier molecular flexibility index (Phi) is 6.93. The molecule has 0 radical (unpaired) electrons. The van der Waals surface area contributed by atoms with Gasteiger partial charge in [0.2, 0.25) is 11.8 Å². The summed E-state index contributed by atoms with van der Waals surface area (Å²) in [5.74, 6) is -1.43. The minimum atomic E-state index is -0.631. The van der Waals surface area contributed by atoms with E-state index in [0.29, 0.717) is 5.02 Å². The Bertz CT molecular complexity index is 818. The predicted octanol–water partition coefficient (Wildman–Crippen LogP) is 2.21. The Hall–Kier alpha value is -3.12. The van der Waals surface area contributed by atoms with Crippen molar-refractivity contribution >= 4 is 35.4 Å². The molecule has 3 amide bonds. The van der Waals surface area contributed by atoms with Crippen molar-refractivity contribution in [1.29, 1.82) is 0 Å². The summed E-state index contributed by atoms with van der Waals surface area (Å²) in [7, 11) is 0. The average molecular weight is 372 g/mol. The molecule has 0 aliphatic heterocycles. The number of hydrogen-bond acceptors (Lipinski definition) is 3.